The second-order valence-corrected chi connectivity index (χ2v) is 9.12. The van der Waals surface area contributed by atoms with Crippen molar-refractivity contribution >= 4 is 12.1 Å². The Balaban J connectivity index is 1.61. The highest BCUT2D eigenvalue weighted by Crippen LogP contribution is 2.20. The van der Waals surface area contributed by atoms with Gasteiger partial charge < -0.3 is 29.7 Å². The summed E-state index contributed by atoms with van der Waals surface area (Å²) in [6.07, 6.45) is 5.20. The fourth-order valence-electron chi connectivity index (χ4n) is 3.56. The molecule has 0 aliphatic carbocycles. The maximum absolute atomic E-state index is 12.2. The molecule has 1 atom stereocenters. The molecule has 2 saturated heterocycles. The molecule has 30 heavy (non-hydrogen) atoms. The molecule has 0 aromatic heterocycles. The van der Waals surface area contributed by atoms with Crippen LogP contribution in [-0.4, -0.2) is 81.2 Å². The van der Waals surface area contributed by atoms with Gasteiger partial charge in [0.1, 0.15) is 5.60 Å². The average Bonchev–Trinajstić information content (AvgIpc) is 3.21. The summed E-state index contributed by atoms with van der Waals surface area (Å²) in [6.45, 7) is 14.0. The molecule has 0 aromatic carbocycles. The number of hydrogen-bond acceptors (Lipinski definition) is 5. The maximum Gasteiger partial charge on any atom is 0.410 e. The molecule has 8 nitrogen and oxygen atoms in total. The number of likely N-dealkylation sites (tertiary alicyclic amines) is 1. The summed E-state index contributed by atoms with van der Waals surface area (Å²) >= 11 is 0. The quantitative estimate of drug-likeness (QED) is 0.335. The number of hydrogen-bond donors (Lipinski definition) is 2. The molecule has 2 rings (SSSR count). The van der Waals surface area contributed by atoms with Crippen LogP contribution in [0.3, 0.4) is 0 Å². The topological polar surface area (TPSA) is 84.4 Å². The number of nitrogens with one attached hydrogen (secondary N) is 2. The van der Waals surface area contributed by atoms with Gasteiger partial charge >= 0.3 is 6.09 Å². The van der Waals surface area contributed by atoms with Crippen molar-refractivity contribution in [1.29, 1.82) is 0 Å². The molecule has 0 radical (unpaired) electrons. The Morgan fingerprint density at radius 2 is 1.97 bits per heavy atom. The van der Waals surface area contributed by atoms with Gasteiger partial charge in [-0.2, -0.15) is 0 Å². The molecule has 1 unspecified atom stereocenters. The predicted molar refractivity (Wildman–Crippen MR) is 119 cm³/mol. The highest BCUT2D eigenvalue weighted by atomic mass is 16.6. The van der Waals surface area contributed by atoms with Gasteiger partial charge in [-0.1, -0.05) is 0 Å². The summed E-state index contributed by atoms with van der Waals surface area (Å²) in [5.74, 6) is 1.35. The molecule has 0 spiro atoms. The number of aliphatic imine (C=N–C) groups is 1. The van der Waals surface area contributed by atoms with Crippen LogP contribution < -0.4 is 10.6 Å². The number of rotatable bonds is 9. The van der Waals surface area contributed by atoms with E-state index in [0.717, 1.165) is 84.0 Å². The molecule has 174 valence electrons. The monoisotopic (exact) mass is 426 g/mol. The Morgan fingerprint density at radius 1 is 1.20 bits per heavy atom. The van der Waals surface area contributed by atoms with Gasteiger partial charge in [0.25, 0.3) is 0 Å². The highest BCUT2D eigenvalue weighted by Gasteiger charge is 2.26. The van der Waals surface area contributed by atoms with Crippen LogP contribution in [0.15, 0.2) is 4.99 Å². The van der Waals surface area contributed by atoms with Crippen LogP contribution in [0.1, 0.15) is 59.8 Å². The Morgan fingerprint density at radius 3 is 2.60 bits per heavy atom. The molecule has 2 aliphatic heterocycles. The van der Waals surface area contributed by atoms with Gasteiger partial charge in [0.05, 0.1) is 12.7 Å². The van der Waals surface area contributed by atoms with Crippen LogP contribution in [0.4, 0.5) is 4.79 Å². The van der Waals surface area contributed by atoms with Crippen LogP contribution >= 0.6 is 0 Å². The van der Waals surface area contributed by atoms with E-state index in [1.54, 1.807) is 0 Å². The van der Waals surface area contributed by atoms with E-state index in [-0.39, 0.29) is 6.09 Å². The average molecular weight is 427 g/mol. The van der Waals surface area contributed by atoms with Crippen molar-refractivity contribution in [3.8, 4) is 0 Å². The van der Waals surface area contributed by atoms with Crippen LogP contribution in [0.25, 0.3) is 0 Å². The Kier molecular flexibility index (Phi) is 10.7. The molecule has 2 N–H and O–H groups in total. The molecule has 1 amide bonds. The number of ether oxygens (including phenoxy) is 3. The summed E-state index contributed by atoms with van der Waals surface area (Å²) in [6, 6.07) is 0. The standard InChI is InChI=1S/C22H42N4O4/c1-5-23-20(24-11-7-14-28-17-19-8-6-15-29-19)25-16-18-9-12-26(13-10-18)21(27)30-22(2,3)4/h18-19H,5-17H2,1-4H3,(H2,23,24,25). The first kappa shape index (κ1) is 24.7. The summed E-state index contributed by atoms with van der Waals surface area (Å²) < 4.78 is 16.7. The molecule has 8 heteroatoms. The van der Waals surface area contributed by atoms with Gasteiger partial charge in [0, 0.05) is 45.9 Å². The predicted octanol–water partition coefficient (Wildman–Crippen LogP) is 2.77. The van der Waals surface area contributed by atoms with Crippen molar-refractivity contribution in [1.82, 2.24) is 15.5 Å². The van der Waals surface area contributed by atoms with Crippen molar-refractivity contribution in [2.24, 2.45) is 10.9 Å². The number of nitrogens with zero attached hydrogens (tertiary/aromatic N) is 2. The lowest BCUT2D eigenvalue weighted by atomic mass is 9.97. The summed E-state index contributed by atoms with van der Waals surface area (Å²) in [4.78, 5) is 18.7. The molecular formula is C22H42N4O4. The lowest BCUT2D eigenvalue weighted by Crippen LogP contribution is -2.42. The van der Waals surface area contributed by atoms with Crippen molar-refractivity contribution < 1.29 is 19.0 Å². The van der Waals surface area contributed by atoms with Gasteiger partial charge in [-0.3, -0.25) is 4.99 Å². The normalized spacial score (nSPS) is 21.0. The van der Waals surface area contributed by atoms with Crippen molar-refractivity contribution in [3.63, 3.8) is 0 Å². The zero-order valence-electron chi connectivity index (χ0n) is 19.4. The molecular weight excluding hydrogens is 384 g/mol. The van der Waals surface area contributed by atoms with Crippen LogP contribution in [0.5, 0.6) is 0 Å². The SMILES string of the molecule is CCNC(=NCC1CCN(C(=O)OC(C)(C)C)CC1)NCCCOCC1CCCO1. The van der Waals surface area contributed by atoms with E-state index in [1.807, 2.05) is 25.7 Å². The summed E-state index contributed by atoms with van der Waals surface area (Å²) in [5.41, 5.74) is -0.445. The smallest absolute Gasteiger partial charge is 0.410 e. The number of amides is 1. The van der Waals surface area contributed by atoms with E-state index < -0.39 is 5.60 Å². The van der Waals surface area contributed by atoms with Gasteiger partial charge in [-0.25, -0.2) is 4.79 Å². The van der Waals surface area contributed by atoms with Gasteiger partial charge in [-0.15, -0.1) is 0 Å². The van der Waals surface area contributed by atoms with Crippen molar-refractivity contribution in [3.05, 3.63) is 0 Å². The van der Waals surface area contributed by atoms with E-state index in [2.05, 4.69) is 17.6 Å². The maximum atomic E-state index is 12.2. The molecule has 0 aromatic rings. The number of carbonyl (C=O) groups excluding carboxylic acids is 1. The second kappa shape index (κ2) is 13.0. The molecule has 2 aliphatic rings. The van der Waals surface area contributed by atoms with Crippen molar-refractivity contribution in [2.75, 3.05) is 52.5 Å². The fourth-order valence-corrected chi connectivity index (χ4v) is 3.56. The van der Waals surface area contributed by atoms with Gasteiger partial charge in [0.2, 0.25) is 0 Å². The highest BCUT2D eigenvalue weighted by molar-refractivity contribution is 5.79. The third-order valence-corrected chi connectivity index (χ3v) is 5.20. The zero-order chi connectivity index (χ0) is 21.8. The van der Waals surface area contributed by atoms with Crippen LogP contribution in [0, 0.1) is 5.92 Å². The number of guanidine groups is 1. The minimum absolute atomic E-state index is 0.207. The first-order chi connectivity index (χ1) is 14.4. The minimum Gasteiger partial charge on any atom is -0.444 e. The first-order valence-corrected chi connectivity index (χ1v) is 11.6. The lowest BCUT2D eigenvalue weighted by molar-refractivity contribution is 0.0168. The van der Waals surface area contributed by atoms with Gasteiger partial charge in [0.15, 0.2) is 5.96 Å². The third-order valence-electron chi connectivity index (χ3n) is 5.20. The van der Waals surface area contributed by atoms with E-state index in [1.165, 1.54) is 0 Å². The van der Waals surface area contributed by atoms with Crippen molar-refractivity contribution in [2.45, 2.75) is 71.5 Å². The lowest BCUT2D eigenvalue weighted by Gasteiger charge is -2.33. The third kappa shape index (κ3) is 9.98. The van der Waals surface area contributed by atoms with Gasteiger partial charge in [-0.05, 0) is 65.7 Å². The first-order valence-electron chi connectivity index (χ1n) is 11.6. The molecule has 2 fully saturated rings. The molecule has 0 bridgehead atoms. The number of piperidine rings is 1. The van der Waals surface area contributed by atoms with E-state index in [4.69, 9.17) is 19.2 Å². The Labute approximate surface area is 182 Å². The second-order valence-electron chi connectivity index (χ2n) is 9.12. The van der Waals surface area contributed by atoms with E-state index >= 15 is 0 Å². The van der Waals surface area contributed by atoms with E-state index in [0.29, 0.717) is 18.6 Å². The number of carbonyl (C=O) groups is 1. The largest absolute Gasteiger partial charge is 0.444 e. The zero-order valence-corrected chi connectivity index (χ0v) is 19.4. The Hall–Kier alpha value is -1.54. The van der Waals surface area contributed by atoms with E-state index in [9.17, 15) is 4.79 Å². The molecule has 0 saturated carbocycles. The van der Waals surface area contributed by atoms with Crippen LogP contribution in [-0.2, 0) is 14.2 Å². The Bertz CT molecular complexity index is 522. The van der Waals surface area contributed by atoms with Crippen LogP contribution in [0.2, 0.25) is 0 Å². The summed E-state index contributed by atoms with van der Waals surface area (Å²) in [7, 11) is 0. The summed E-state index contributed by atoms with van der Waals surface area (Å²) in [5, 5.41) is 6.69. The molecule has 2 heterocycles. The minimum atomic E-state index is -0.445. The fraction of sp³-hybridized carbons (Fsp3) is 0.909.